The molecule has 1 atom stereocenters. The molecule has 8 nitrogen and oxygen atoms in total. The molecule has 32 heavy (non-hydrogen) atoms. The number of fused-ring (bicyclic) bond motifs is 2. The molecule has 9 heteroatoms. The molecule has 4 heterocycles. The SMILES string of the molecule is CC(C)(C)C1CCc2nc3sc(/C([O-])=N/c4c[n+](N5CCCCC5)no4)c(N)c3cc2C1. The molecule has 1 aliphatic heterocycles. The van der Waals surface area contributed by atoms with Crippen molar-refractivity contribution in [1.82, 2.24) is 10.3 Å². The molecule has 0 aromatic carbocycles. The quantitative estimate of drug-likeness (QED) is 0.370. The number of hydrogen-bond acceptors (Lipinski definition) is 8. The lowest BCUT2D eigenvalue weighted by Gasteiger charge is -2.34. The molecule has 1 aliphatic carbocycles. The van der Waals surface area contributed by atoms with Crippen molar-refractivity contribution in [3.8, 4) is 0 Å². The Kier molecular flexibility index (Phi) is 5.31. The Labute approximate surface area is 191 Å². The molecule has 170 valence electrons. The number of rotatable bonds is 3. The first kappa shape index (κ1) is 21.2. The van der Waals surface area contributed by atoms with Crippen LogP contribution in [-0.2, 0) is 12.8 Å². The smallest absolute Gasteiger partial charge is 0.324 e. The third-order valence-electron chi connectivity index (χ3n) is 6.78. The minimum atomic E-state index is -0.419. The minimum absolute atomic E-state index is 0.178. The van der Waals surface area contributed by atoms with Crippen LogP contribution >= 0.6 is 11.3 Å². The normalized spacial score (nSPS) is 20.0. The molecule has 0 amide bonds. The minimum Gasteiger partial charge on any atom is -0.857 e. The summed E-state index contributed by atoms with van der Waals surface area (Å²) in [5.74, 6) is 0.374. The molecule has 0 spiro atoms. The average Bonchev–Trinajstić information content (AvgIpc) is 3.36. The molecule has 3 aromatic heterocycles. The monoisotopic (exact) mass is 454 g/mol. The first-order valence-corrected chi connectivity index (χ1v) is 12.2. The van der Waals surface area contributed by atoms with Crippen molar-refractivity contribution < 1.29 is 14.4 Å². The number of hydrogen-bond donors (Lipinski definition) is 1. The van der Waals surface area contributed by atoms with Crippen LogP contribution in [0.2, 0.25) is 0 Å². The molecule has 2 N–H and O–H groups in total. The van der Waals surface area contributed by atoms with Crippen LogP contribution < -0.4 is 20.6 Å². The number of nitrogens with zero attached hydrogens (tertiary/aromatic N) is 5. The Bertz CT molecular complexity index is 1170. The number of nitrogen functional groups attached to an aromatic ring is 1. The molecule has 1 unspecified atom stereocenters. The van der Waals surface area contributed by atoms with Crippen molar-refractivity contribution in [2.45, 2.75) is 59.3 Å². The molecule has 5 rings (SSSR count). The van der Waals surface area contributed by atoms with Gasteiger partial charge in [-0.3, -0.25) is 4.52 Å². The highest BCUT2D eigenvalue weighted by atomic mass is 32.1. The number of aryl methyl sites for hydroxylation is 1. The van der Waals surface area contributed by atoms with Crippen LogP contribution in [0, 0.1) is 11.3 Å². The van der Waals surface area contributed by atoms with E-state index in [2.05, 4.69) is 42.1 Å². The Hall–Kier alpha value is -2.68. The first-order valence-electron chi connectivity index (χ1n) is 11.4. The molecular formula is C23H30N6O2S. The maximum absolute atomic E-state index is 12.9. The van der Waals surface area contributed by atoms with Gasteiger partial charge in [-0.05, 0) is 61.5 Å². The molecule has 0 saturated carbocycles. The number of anilines is 1. The summed E-state index contributed by atoms with van der Waals surface area (Å²) in [5, 5.41) is 19.9. The number of piperidine rings is 1. The van der Waals surface area contributed by atoms with Gasteiger partial charge in [0.1, 0.15) is 4.83 Å². The summed E-state index contributed by atoms with van der Waals surface area (Å²) in [7, 11) is 0. The maximum Gasteiger partial charge on any atom is 0.324 e. The second kappa shape index (κ2) is 8.03. The largest absolute Gasteiger partial charge is 0.857 e. The Morgan fingerprint density at radius 2 is 2.09 bits per heavy atom. The summed E-state index contributed by atoms with van der Waals surface area (Å²) in [6, 6.07) is 2.14. The van der Waals surface area contributed by atoms with E-state index in [0.29, 0.717) is 16.5 Å². The van der Waals surface area contributed by atoms with Gasteiger partial charge in [-0.25, -0.2) is 9.98 Å². The average molecular weight is 455 g/mol. The molecule has 3 aromatic rings. The zero-order valence-corrected chi connectivity index (χ0v) is 19.7. The fourth-order valence-corrected chi connectivity index (χ4v) is 5.71. The Balaban J connectivity index is 1.43. The van der Waals surface area contributed by atoms with E-state index in [1.165, 1.54) is 23.3 Å². The number of nitrogens with two attached hydrogens (primary N) is 1. The summed E-state index contributed by atoms with van der Waals surface area (Å²) in [5.41, 5.74) is 9.50. The van der Waals surface area contributed by atoms with Gasteiger partial charge in [0.05, 0.1) is 28.4 Å². The Morgan fingerprint density at radius 1 is 1.31 bits per heavy atom. The van der Waals surface area contributed by atoms with Gasteiger partial charge in [-0.15, -0.1) is 11.3 Å². The van der Waals surface area contributed by atoms with E-state index in [0.717, 1.165) is 61.1 Å². The predicted molar refractivity (Wildman–Crippen MR) is 124 cm³/mol. The second-order valence-electron chi connectivity index (χ2n) is 9.99. The molecule has 0 bridgehead atoms. The van der Waals surface area contributed by atoms with Crippen molar-refractivity contribution >= 4 is 39.0 Å². The van der Waals surface area contributed by atoms with Crippen molar-refractivity contribution in [2.75, 3.05) is 23.8 Å². The molecule has 0 radical (unpaired) electrons. The van der Waals surface area contributed by atoms with Crippen molar-refractivity contribution in [1.29, 1.82) is 0 Å². The van der Waals surface area contributed by atoms with Gasteiger partial charge in [0, 0.05) is 17.0 Å². The van der Waals surface area contributed by atoms with Crippen LogP contribution in [-0.4, -0.2) is 29.2 Å². The molecule has 1 saturated heterocycles. The fourth-order valence-electron chi connectivity index (χ4n) is 4.73. The van der Waals surface area contributed by atoms with Crippen molar-refractivity contribution in [3.63, 3.8) is 0 Å². The van der Waals surface area contributed by atoms with Crippen LogP contribution in [0.5, 0.6) is 0 Å². The summed E-state index contributed by atoms with van der Waals surface area (Å²) in [4.78, 5) is 11.8. The van der Waals surface area contributed by atoms with Gasteiger partial charge in [0.25, 0.3) is 6.20 Å². The highest BCUT2D eigenvalue weighted by Gasteiger charge is 2.30. The molecular weight excluding hydrogens is 424 g/mol. The highest BCUT2D eigenvalue weighted by molar-refractivity contribution is 7.21. The van der Waals surface area contributed by atoms with Crippen LogP contribution in [0.15, 0.2) is 21.8 Å². The summed E-state index contributed by atoms with van der Waals surface area (Å²) in [6.45, 7) is 8.72. The van der Waals surface area contributed by atoms with Gasteiger partial charge in [-0.2, -0.15) is 5.01 Å². The standard InChI is InChI=1S/C23H30N6O2S/c1-23(2,3)15-7-8-17-14(11-15)12-16-19(24)20(32-22(16)25-17)21(30)26-18-13-29(27-31-18)28-9-5-4-6-10-28/h12-13,15H,4-11H2,1-3H3,(H2-,24,26,27,30). The van der Waals surface area contributed by atoms with Gasteiger partial charge >= 0.3 is 5.88 Å². The van der Waals surface area contributed by atoms with Crippen LogP contribution in [0.4, 0.5) is 11.6 Å². The second-order valence-corrected chi connectivity index (χ2v) is 11.0. The van der Waals surface area contributed by atoms with E-state index < -0.39 is 5.90 Å². The number of aromatic nitrogens is 3. The van der Waals surface area contributed by atoms with E-state index in [4.69, 9.17) is 15.2 Å². The lowest BCUT2D eigenvalue weighted by Crippen LogP contribution is -2.60. The predicted octanol–water partition coefficient (Wildman–Crippen LogP) is 2.87. The zero-order chi connectivity index (χ0) is 22.5. The zero-order valence-electron chi connectivity index (χ0n) is 18.9. The highest BCUT2D eigenvalue weighted by Crippen LogP contribution is 2.40. The molecule has 2 aliphatic rings. The van der Waals surface area contributed by atoms with Crippen LogP contribution in [0.1, 0.15) is 62.6 Å². The van der Waals surface area contributed by atoms with E-state index in [9.17, 15) is 5.11 Å². The van der Waals surface area contributed by atoms with Gasteiger partial charge < -0.3 is 10.8 Å². The van der Waals surface area contributed by atoms with Gasteiger partial charge in [0.15, 0.2) is 0 Å². The number of aliphatic imine (C=N–C) groups is 1. The first-order chi connectivity index (χ1) is 15.3. The van der Waals surface area contributed by atoms with E-state index in [1.54, 1.807) is 11.0 Å². The number of pyridine rings is 1. The van der Waals surface area contributed by atoms with Gasteiger partial charge in [-0.1, -0.05) is 20.8 Å². The summed E-state index contributed by atoms with van der Waals surface area (Å²) >= 11 is 1.31. The number of thiophene rings is 1. The third kappa shape index (κ3) is 3.94. The van der Waals surface area contributed by atoms with E-state index >= 15 is 0 Å². The van der Waals surface area contributed by atoms with Crippen LogP contribution in [0.25, 0.3) is 10.2 Å². The van der Waals surface area contributed by atoms with Crippen LogP contribution in [0.3, 0.4) is 0 Å². The van der Waals surface area contributed by atoms with E-state index in [1.807, 2.05) is 0 Å². The summed E-state index contributed by atoms with van der Waals surface area (Å²) in [6.07, 6.45) is 8.22. The van der Waals surface area contributed by atoms with E-state index in [-0.39, 0.29) is 11.3 Å². The Morgan fingerprint density at radius 3 is 2.84 bits per heavy atom. The topological polar surface area (TPSA) is 107 Å². The van der Waals surface area contributed by atoms with Gasteiger partial charge in [0.2, 0.25) is 5.27 Å². The fraction of sp³-hybridized carbons (Fsp3) is 0.565. The third-order valence-corrected chi connectivity index (χ3v) is 7.89. The van der Waals surface area contributed by atoms with Crippen molar-refractivity contribution in [2.24, 2.45) is 16.3 Å². The lowest BCUT2D eigenvalue weighted by molar-refractivity contribution is -0.759. The lowest BCUT2D eigenvalue weighted by atomic mass is 9.71. The maximum atomic E-state index is 12.9. The van der Waals surface area contributed by atoms with Crippen molar-refractivity contribution in [3.05, 3.63) is 28.4 Å². The molecule has 1 fully saturated rings. The summed E-state index contributed by atoms with van der Waals surface area (Å²) < 4.78 is 5.28.